The largest absolute Gasteiger partial charge is 0.481 e. The minimum Gasteiger partial charge on any atom is -0.481 e. The van der Waals surface area contributed by atoms with Crippen LogP contribution in [0, 0.1) is 0 Å². The van der Waals surface area contributed by atoms with Gasteiger partial charge in [-0.3, -0.25) is 9.59 Å². The lowest BCUT2D eigenvalue weighted by atomic mass is 10.0. The van der Waals surface area contributed by atoms with Gasteiger partial charge in [0.25, 0.3) is 0 Å². The Morgan fingerprint density at radius 1 is 1.00 bits per heavy atom. The Labute approximate surface area is 180 Å². The zero-order chi connectivity index (χ0) is 21.1. The molecule has 1 N–H and O–H groups in total. The molecule has 1 aliphatic rings. The van der Waals surface area contributed by atoms with Gasteiger partial charge >= 0.3 is 5.97 Å². The molecule has 1 aromatic heterocycles. The van der Waals surface area contributed by atoms with Crippen molar-refractivity contribution in [1.29, 1.82) is 0 Å². The first kappa shape index (κ1) is 20.5. The summed E-state index contributed by atoms with van der Waals surface area (Å²) in [5, 5.41) is 10.7. The number of carbonyl (C=O) groups excluding carboxylic acids is 1. The Morgan fingerprint density at radius 2 is 1.73 bits per heavy atom. The van der Waals surface area contributed by atoms with Crippen LogP contribution >= 0.6 is 11.6 Å². The number of aromatic nitrogens is 1. The van der Waals surface area contributed by atoms with E-state index in [-0.39, 0.29) is 12.3 Å². The zero-order valence-corrected chi connectivity index (χ0v) is 17.6. The van der Waals surface area contributed by atoms with Gasteiger partial charge in [0, 0.05) is 47.6 Å². The minimum absolute atomic E-state index is 0.106. The molecular formula is C24H25ClN2O3. The highest BCUT2D eigenvalue weighted by atomic mass is 35.5. The van der Waals surface area contributed by atoms with Gasteiger partial charge in [0.05, 0.1) is 6.54 Å². The van der Waals surface area contributed by atoms with Crippen LogP contribution in [0.4, 0.5) is 0 Å². The number of unbranched alkanes of at least 4 members (excludes halogenated alkanes) is 1. The number of hydrogen-bond acceptors (Lipinski definition) is 2. The second-order valence-corrected chi connectivity index (χ2v) is 8.26. The second kappa shape index (κ2) is 8.92. The SMILES string of the molecule is O=C(O)CCCCC(=O)N1CCc2c(n(Cc3ccc(Cl)cc3)c3ccccc23)C1. The van der Waals surface area contributed by atoms with Gasteiger partial charge in [0.1, 0.15) is 0 Å². The monoisotopic (exact) mass is 424 g/mol. The first-order valence-electron chi connectivity index (χ1n) is 10.4. The summed E-state index contributed by atoms with van der Waals surface area (Å²) in [7, 11) is 0. The predicted molar refractivity (Wildman–Crippen MR) is 118 cm³/mol. The maximum absolute atomic E-state index is 12.7. The van der Waals surface area contributed by atoms with Gasteiger partial charge < -0.3 is 14.6 Å². The average Bonchev–Trinajstić information content (AvgIpc) is 3.06. The molecule has 0 bridgehead atoms. The van der Waals surface area contributed by atoms with E-state index in [0.29, 0.717) is 32.4 Å². The van der Waals surface area contributed by atoms with E-state index in [1.54, 1.807) is 0 Å². The molecule has 5 nitrogen and oxygen atoms in total. The Balaban J connectivity index is 1.57. The quantitative estimate of drug-likeness (QED) is 0.550. The molecule has 0 spiro atoms. The first-order chi connectivity index (χ1) is 14.5. The molecule has 2 aromatic carbocycles. The number of fused-ring (bicyclic) bond motifs is 3. The Bertz CT molecular complexity index is 1070. The van der Waals surface area contributed by atoms with Crippen molar-refractivity contribution >= 4 is 34.4 Å². The zero-order valence-electron chi connectivity index (χ0n) is 16.8. The molecule has 4 rings (SSSR count). The van der Waals surface area contributed by atoms with E-state index in [0.717, 1.165) is 18.0 Å². The standard InChI is InChI=1S/C24H25ClN2O3/c25-18-11-9-17(10-12-18)15-27-21-6-2-1-5-19(21)20-13-14-26(16-22(20)27)23(28)7-3-4-8-24(29)30/h1-2,5-6,9-12H,3-4,7-8,13-16H2,(H,29,30). The fourth-order valence-corrected chi connectivity index (χ4v) is 4.40. The molecule has 0 unspecified atom stereocenters. The van der Waals surface area contributed by atoms with Crippen molar-refractivity contribution in [2.24, 2.45) is 0 Å². The van der Waals surface area contributed by atoms with Crippen LogP contribution in [0.5, 0.6) is 0 Å². The lowest BCUT2D eigenvalue weighted by Crippen LogP contribution is -2.36. The molecule has 1 amide bonds. The molecule has 156 valence electrons. The lowest BCUT2D eigenvalue weighted by Gasteiger charge is -2.29. The molecule has 0 saturated heterocycles. The predicted octanol–water partition coefficient (Wildman–Crippen LogP) is 4.87. The van der Waals surface area contributed by atoms with Crippen LogP contribution < -0.4 is 0 Å². The van der Waals surface area contributed by atoms with Crippen LogP contribution in [0.2, 0.25) is 5.02 Å². The summed E-state index contributed by atoms with van der Waals surface area (Å²) in [6, 6.07) is 16.3. The van der Waals surface area contributed by atoms with Crippen LogP contribution in [0.3, 0.4) is 0 Å². The van der Waals surface area contributed by atoms with Crippen LogP contribution in [-0.2, 0) is 29.1 Å². The lowest BCUT2D eigenvalue weighted by molar-refractivity contribution is -0.137. The number of benzene rings is 2. The van der Waals surface area contributed by atoms with Crippen molar-refractivity contribution in [2.75, 3.05) is 6.54 Å². The normalized spacial score (nSPS) is 13.4. The highest BCUT2D eigenvalue weighted by molar-refractivity contribution is 6.30. The Kier molecular flexibility index (Phi) is 6.09. The number of para-hydroxylation sites is 1. The third-order valence-corrected chi connectivity index (χ3v) is 6.06. The summed E-state index contributed by atoms with van der Waals surface area (Å²) in [4.78, 5) is 25.3. The van der Waals surface area contributed by atoms with E-state index in [9.17, 15) is 9.59 Å². The third kappa shape index (κ3) is 4.36. The van der Waals surface area contributed by atoms with E-state index < -0.39 is 5.97 Å². The summed E-state index contributed by atoms with van der Waals surface area (Å²) in [6.45, 7) is 2.03. The molecular weight excluding hydrogens is 400 g/mol. The number of halogens is 1. The summed E-state index contributed by atoms with van der Waals surface area (Å²) in [5.41, 5.74) is 4.87. The van der Waals surface area contributed by atoms with Gasteiger partial charge in [-0.1, -0.05) is 41.9 Å². The van der Waals surface area contributed by atoms with Crippen LogP contribution in [0.15, 0.2) is 48.5 Å². The first-order valence-corrected chi connectivity index (χ1v) is 10.7. The van der Waals surface area contributed by atoms with E-state index in [2.05, 4.69) is 28.8 Å². The maximum Gasteiger partial charge on any atom is 0.303 e. The Hall–Kier alpha value is -2.79. The molecule has 0 fully saturated rings. The van der Waals surface area contributed by atoms with Crippen molar-refractivity contribution < 1.29 is 14.7 Å². The number of rotatable bonds is 7. The number of hydrogen-bond donors (Lipinski definition) is 1. The van der Waals surface area contributed by atoms with Crippen LogP contribution in [0.1, 0.15) is 42.5 Å². The van der Waals surface area contributed by atoms with Crippen molar-refractivity contribution in [3.05, 3.63) is 70.4 Å². The molecule has 0 radical (unpaired) electrons. The number of carboxylic acids is 1. The van der Waals surface area contributed by atoms with Gasteiger partial charge in [-0.2, -0.15) is 0 Å². The summed E-state index contributed by atoms with van der Waals surface area (Å²) >= 11 is 6.04. The smallest absolute Gasteiger partial charge is 0.303 e. The molecule has 30 heavy (non-hydrogen) atoms. The van der Waals surface area contributed by atoms with E-state index in [1.807, 2.05) is 29.2 Å². The van der Waals surface area contributed by atoms with E-state index >= 15 is 0 Å². The topological polar surface area (TPSA) is 62.5 Å². The molecule has 2 heterocycles. The highest BCUT2D eigenvalue weighted by Gasteiger charge is 2.26. The maximum atomic E-state index is 12.7. The van der Waals surface area contributed by atoms with Crippen molar-refractivity contribution in [2.45, 2.75) is 45.2 Å². The van der Waals surface area contributed by atoms with E-state index in [1.165, 1.54) is 27.7 Å². The summed E-state index contributed by atoms with van der Waals surface area (Å²) in [6.07, 6.45) is 2.51. The molecule has 1 aliphatic heterocycles. The fraction of sp³-hybridized carbons (Fsp3) is 0.333. The second-order valence-electron chi connectivity index (χ2n) is 7.82. The minimum atomic E-state index is -0.809. The molecule has 6 heteroatoms. The number of aliphatic carboxylic acids is 1. The molecule has 0 atom stereocenters. The fourth-order valence-electron chi connectivity index (χ4n) is 4.27. The average molecular weight is 425 g/mol. The highest BCUT2D eigenvalue weighted by Crippen LogP contribution is 2.32. The van der Waals surface area contributed by atoms with Crippen molar-refractivity contribution in [3.8, 4) is 0 Å². The van der Waals surface area contributed by atoms with Crippen LogP contribution in [-0.4, -0.2) is 33.0 Å². The van der Waals surface area contributed by atoms with Crippen molar-refractivity contribution in [1.82, 2.24) is 9.47 Å². The van der Waals surface area contributed by atoms with E-state index in [4.69, 9.17) is 16.7 Å². The van der Waals surface area contributed by atoms with Gasteiger partial charge in [-0.15, -0.1) is 0 Å². The molecule has 3 aromatic rings. The molecule has 0 aliphatic carbocycles. The summed E-state index contributed by atoms with van der Waals surface area (Å²) in [5.74, 6) is -0.703. The Morgan fingerprint density at radius 3 is 2.50 bits per heavy atom. The number of carboxylic acid groups (broad SMARTS) is 1. The van der Waals surface area contributed by atoms with Gasteiger partial charge in [0.15, 0.2) is 0 Å². The number of carbonyl (C=O) groups is 2. The van der Waals surface area contributed by atoms with Gasteiger partial charge in [-0.25, -0.2) is 0 Å². The molecule has 0 saturated carbocycles. The third-order valence-electron chi connectivity index (χ3n) is 5.80. The number of nitrogens with zero attached hydrogens (tertiary/aromatic N) is 2. The number of amides is 1. The van der Waals surface area contributed by atoms with Crippen molar-refractivity contribution in [3.63, 3.8) is 0 Å². The van der Waals surface area contributed by atoms with Gasteiger partial charge in [-0.05, 0) is 48.6 Å². The summed E-state index contributed by atoms with van der Waals surface area (Å²) < 4.78 is 2.32. The van der Waals surface area contributed by atoms with Gasteiger partial charge in [0.2, 0.25) is 5.91 Å². The van der Waals surface area contributed by atoms with Crippen LogP contribution in [0.25, 0.3) is 10.9 Å².